The van der Waals surface area contributed by atoms with E-state index in [0.717, 1.165) is 30.8 Å². The minimum atomic E-state index is -0.0570. The number of aromatic nitrogens is 2. The Hall–Kier alpha value is -2.30. The second kappa shape index (κ2) is 4.91. The molecule has 2 aromatic rings. The predicted molar refractivity (Wildman–Crippen MR) is 77.0 cm³/mol. The first-order valence-corrected chi connectivity index (χ1v) is 7.30. The fraction of sp³-hybridized carbons (Fsp3) is 0.375. The highest BCUT2D eigenvalue weighted by Gasteiger charge is 2.37. The molecular formula is C16H17N3O2. The van der Waals surface area contributed by atoms with Crippen LogP contribution in [0.4, 0.5) is 0 Å². The molecular weight excluding hydrogens is 266 g/mol. The molecule has 1 saturated heterocycles. The molecule has 1 fully saturated rings. The molecule has 108 valence electrons. The zero-order chi connectivity index (χ0) is 14.2. The molecule has 5 nitrogen and oxygen atoms in total. The van der Waals surface area contributed by atoms with Crippen LogP contribution < -0.4 is 4.74 Å². The smallest absolute Gasteiger partial charge is 0.229 e. The summed E-state index contributed by atoms with van der Waals surface area (Å²) in [5, 5.41) is 4.23. The first-order valence-electron chi connectivity index (χ1n) is 7.30. The Balaban J connectivity index is 1.39. The van der Waals surface area contributed by atoms with Crippen LogP contribution >= 0.6 is 0 Å². The van der Waals surface area contributed by atoms with E-state index in [1.807, 2.05) is 46.1 Å². The first-order chi connectivity index (χ1) is 10.3. The molecule has 1 atom stereocenters. The van der Waals surface area contributed by atoms with E-state index in [4.69, 9.17) is 4.74 Å². The number of nitrogens with zero attached hydrogens (tertiary/aromatic N) is 3. The molecule has 0 saturated carbocycles. The lowest BCUT2D eigenvalue weighted by molar-refractivity contribution is -0.143. The van der Waals surface area contributed by atoms with E-state index in [-0.39, 0.29) is 11.8 Å². The minimum absolute atomic E-state index is 0.0570. The van der Waals surface area contributed by atoms with Crippen molar-refractivity contribution in [2.75, 3.05) is 19.7 Å². The fourth-order valence-corrected chi connectivity index (χ4v) is 3.04. The molecule has 0 bridgehead atoms. The topological polar surface area (TPSA) is 47.4 Å². The van der Waals surface area contributed by atoms with E-state index in [1.165, 1.54) is 0 Å². The number of carbonyl (C=O) groups is 1. The summed E-state index contributed by atoms with van der Waals surface area (Å²) < 4.78 is 7.64. The highest BCUT2D eigenvalue weighted by molar-refractivity contribution is 5.80. The average molecular weight is 283 g/mol. The summed E-state index contributed by atoms with van der Waals surface area (Å²) in [4.78, 5) is 14.4. The summed E-state index contributed by atoms with van der Waals surface area (Å²) >= 11 is 0. The van der Waals surface area contributed by atoms with Gasteiger partial charge in [-0.05, 0) is 24.1 Å². The zero-order valence-corrected chi connectivity index (χ0v) is 11.7. The van der Waals surface area contributed by atoms with Gasteiger partial charge in [0.25, 0.3) is 0 Å². The Labute approximate surface area is 123 Å². The van der Waals surface area contributed by atoms with E-state index in [0.29, 0.717) is 12.6 Å². The SMILES string of the molecule is O=C(C1COc2ccccc2C1)N1CC(n2cccn2)C1. The van der Waals surface area contributed by atoms with Gasteiger partial charge in [-0.15, -0.1) is 0 Å². The molecule has 0 spiro atoms. The number of carbonyl (C=O) groups excluding carboxylic acids is 1. The molecule has 0 radical (unpaired) electrons. The molecule has 0 N–H and O–H groups in total. The van der Waals surface area contributed by atoms with Crippen LogP contribution in [0.15, 0.2) is 42.7 Å². The summed E-state index contributed by atoms with van der Waals surface area (Å²) in [7, 11) is 0. The largest absolute Gasteiger partial charge is 0.492 e. The van der Waals surface area contributed by atoms with Gasteiger partial charge in [0.15, 0.2) is 0 Å². The van der Waals surface area contributed by atoms with Gasteiger partial charge in [-0.1, -0.05) is 18.2 Å². The van der Waals surface area contributed by atoms with Gasteiger partial charge in [0.05, 0.1) is 12.0 Å². The third kappa shape index (κ3) is 2.18. The standard InChI is InChI=1S/C16H17N3O2/c20-16(18-9-14(10-18)19-7-3-6-17-19)13-8-12-4-1-2-5-15(12)21-11-13/h1-7,13-14H,8-11H2. The highest BCUT2D eigenvalue weighted by Crippen LogP contribution is 2.30. The van der Waals surface area contributed by atoms with E-state index < -0.39 is 0 Å². The lowest BCUT2D eigenvalue weighted by Gasteiger charge is -2.41. The molecule has 5 heteroatoms. The van der Waals surface area contributed by atoms with Crippen LogP contribution in [0.25, 0.3) is 0 Å². The van der Waals surface area contributed by atoms with Crippen LogP contribution in [0.2, 0.25) is 0 Å². The maximum atomic E-state index is 12.5. The van der Waals surface area contributed by atoms with Crippen molar-refractivity contribution in [2.24, 2.45) is 5.92 Å². The molecule has 1 amide bonds. The number of para-hydroxylation sites is 1. The molecule has 1 aromatic carbocycles. The zero-order valence-electron chi connectivity index (χ0n) is 11.7. The van der Waals surface area contributed by atoms with Crippen molar-refractivity contribution < 1.29 is 9.53 Å². The van der Waals surface area contributed by atoms with Crippen LogP contribution in [0, 0.1) is 5.92 Å². The molecule has 4 rings (SSSR count). The minimum Gasteiger partial charge on any atom is -0.492 e. The second-order valence-corrected chi connectivity index (χ2v) is 5.70. The molecule has 0 aliphatic carbocycles. The van der Waals surface area contributed by atoms with E-state index in [2.05, 4.69) is 5.10 Å². The van der Waals surface area contributed by atoms with Crippen molar-refractivity contribution in [3.63, 3.8) is 0 Å². The highest BCUT2D eigenvalue weighted by atomic mass is 16.5. The van der Waals surface area contributed by atoms with E-state index in [1.54, 1.807) is 6.20 Å². The molecule has 1 aromatic heterocycles. The number of fused-ring (bicyclic) bond motifs is 1. The Morgan fingerprint density at radius 1 is 1.24 bits per heavy atom. The summed E-state index contributed by atoms with van der Waals surface area (Å²) in [6.45, 7) is 1.98. The molecule has 1 unspecified atom stereocenters. The van der Waals surface area contributed by atoms with Gasteiger partial charge in [0.1, 0.15) is 12.4 Å². The number of ether oxygens (including phenoxy) is 1. The summed E-state index contributed by atoms with van der Waals surface area (Å²) in [5.74, 6) is 1.06. The van der Waals surface area contributed by atoms with Crippen molar-refractivity contribution in [1.29, 1.82) is 0 Å². The average Bonchev–Trinajstić information content (AvgIpc) is 2.99. The maximum Gasteiger partial charge on any atom is 0.229 e. The summed E-state index contributed by atoms with van der Waals surface area (Å²) in [6, 6.07) is 10.2. The fourth-order valence-electron chi connectivity index (χ4n) is 3.04. The number of hydrogen-bond acceptors (Lipinski definition) is 3. The van der Waals surface area contributed by atoms with Gasteiger partial charge < -0.3 is 9.64 Å². The van der Waals surface area contributed by atoms with Crippen LogP contribution in [-0.2, 0) is 11.2 Å². The molecule has 21 heavy (non-hydrogen) atoms. The van der Waals surface area contributed by atoms with Crippen LogP contribution in [-0.4, -0.2) is 40.3 Å². The molecule has 3 heterocycles. The number of likely N-dealkylation sites (tertiary alicyclic amines) is 1. The first kappa shape index (κ1) is 12.4. The van der Waals surface area contributed by atoms with Crippen LogP contribution in [0.1, 0.15) is 11.6 Å². The quantitative estimate of drug-likeness (QED) is 0.839. The number of hydrogen-bond donors (Lipinski definition) is 0. The van der Waals surface area contributed by atoms with Gasteiger partial charge in [-0.3, -0.25) is 9.48 Å². The van der Waals surface area contributed by atoms with Crippen LogP contribution in [0.3, 0.4) is 0 Å². The maximum absolute atomic E-state index is 12.5. The third-order valence-electron chi connectivity index (χ3n) is 4.30. The normalized spacial score (nSPS) is 21.3. The second-order valence-electron chi connectivity index (χ2n) is 5.70. The molecule has 2 aliphatic rings. The molecule has 2 aliphatic heterocycles. The van der Waals surface area contributed by atoms with Gasteiger partial charge >= 0.3 is 0 Å². The van der Waals surface area contributed by atoms with Crippen molar-refractivity contribution in [3.8, 4) is 5.75 Å². The Kier molecular flexibility index (Phi) is 2.91. The number of amides is 1. The van der Waals surface area contributed by atoms with E-state index >= 15 is 0 Å². The van der Waals surface area contributed by atoms with Gasteiger partial charge in [-0.25, -0.2) is 0 Å². The van der Waals surface area contributed by atoms with Crippen LogP contribution in [0.5, 0.6) is 5.75 Å². The number of benzene rings is 1. The van der Waals surface area contributed by atoms with Gasteiger partial charge in [0.2, 0.25) is 5.91 Å². The van der Waals surface area contributed by atoms with Crippen molar-refractivity contribution in [1.82, 2.24) is 14.7 Å². The monoisotopic (exact) mass is 283 g/mol. The van der Waals surface area contributed by atoms with Crippen molar-refractivity contribution in [2.45, 2.75) is 12.5 Å². The third-order valence-corrected chi connectivity index (χ3v) is 4.30. The number of rotatable bonds is 2. The van der Waals surface area contributed by atoms with Gasteiger partial charge in [0, 0.05) is 25.5 Å². The lowest BCUT2D eigenvalue weighted by Crippen LogP contribution is -2.54. The summed E-state index contributed by atoms with van der Waals surface area (Å²) in [6.07, 6.45) is 4.50. The van der Waals surface area contributed by atoms with E-state index in [9.17, 15) is 4.79 Å². The van der Waals surface area contributed by atoms with Gasteiger partial charge in [-0.2, -0.15) is 5.10 Å². The van der Waals surface area contributed by atoms with Crippen molar-refractivity contribution in [3.05, 3.63) is 48.3 Å². The Morgan fingerprint density at radius 2 is 2.10 bits per heavy atom. The Bertz CT molecular complexity index is 647. The Morgan fingerprint density at radius 3 is 2.90 bits per heavy atom. The predicted octanol–water partition coefficient (Wildman–Crippen LogP) is 1.52. The van der Waals surface area contributed by atoms with Crippen molar-refractivity contribution >= 4 is 5.91 Å². The lowest BCUT2D eigenvalue weighted by atomic mass is 9.94. The summed E-state index contributed by atoms with van der Waals surface area (Å²) in [5.41, 5.74) is 1.13.